The van der Waals surface area contributed by atoms with E-state index in [0.717, 1.165) is 11.1 Å². The average Bonchev–Trinajstić information content (AvgIpc) is 2.91. The summed E-state index contributed by atoms with van der Waals surface area (Å²) >= 11 is 0. The number of nitrogens with two attached hydrogens (primary N) is 1. The van der Waals surface area contributed by atoms with Crippen molar-refractivity contribution in [3.8, 4) is 11.1 Å². The van der Waals surface area contributed by atoms with Crippen LogP contribution >= 0.6 is 0 Å². The predicted octanol–water partition coefficient (Wildman–Crippen LogP) is 6.19. The molecule has 212 valence electrons. The minimum absolute atomic E-state index is 0.0297. The van der Waals surface area contributed by atoms with Gasteiger partial charge in [0.15, 0.2) is 5.78 Å². The largest absolute Gasteiger partial charge is 0.465 e. The molecule has 0 aliphatic carbocycles. The average molecular weight is 556 g/mol. The van der Waals surface area contributed by atoms with Gasteiger partial charge in [-0.05, 0) is 93.3 Å². The van der Waals surface area contributed by atoms with Crippen molar-refractivity contribution < 1.29 is 28.7 Å². The Morgan fingerprint density at radius 3 is 2.12 bits per heavy atom. The fourth-order valence-corrected chi connectivity index (χ4v) is 4.00. The number of carbonyl (C=O) groups excluding carboxylic acids is 4. The Bertz CT molecular complexity index is 1560. The van der Waals surface area contributed by atoms with Gasteiger partial charge in [-0.1, -0.05) is 30.9 Å². The number of nitrogens with zero attached hydrogens (tertiary/aromatic N) is 1. The van der Waals surface area contributed by atoms with Crippen LogP contribution in [0, 0.1) is 6.92 Å². The predicted molar refractivity (Wildman–Crippen MR) is 159 cm³/mol. The molecular weight excluding hydrogens is 522 g/mol. The van der Waals surface area contributed by atoms with Gasteiger partial charge in [-0.2, -0.15) is 4.99 Å². The summed E-state index contributed by atoms with van der Waals surface area (Å²) < 4.78 is 10.1. The van der Waals surface area contributed by atoms with Crippen molar-refractivity contribution in [1.29, 1.82) is 0 Å². The van der Waals surface area contributed by atoms with Crippen LogP contribution in [0.15, 0.2) is 66.2 Å². The monoisotopic (exact) mass is 555 g/mol. The van der Waals surface area contributed by atoms with Gasteiger partial charge in [-0.15, -0.1) is 0 Å². The Hall–Kier alpha value is -5.05. The molecule has 0 spiro atoms. The van der Waals surface area contributed by atoms with Gasteiger partial charge in [0.1, 0.15) is 11.4 Å². The third-order valence-corrected chi connectivity index (χ3v) is 6.04. The van der Waals surface area contributed by atoms with E-state index in [4.69, 9.17) is 15.2 Å². The molecule has 0 unspecified atom stereocenters. The number of nitrogens with one attached hydrogen (secondary N) is 1. The maximum Gasteiger partial charge on any atom is 0.436 e. The first kappa shape index (κ1) is 30.5. The minimum atomic E-state index is -0.806. The van der Waals surface area contributed by atoms with E-state index >= 15 is 0 Å². The topological polar surface area (TPSA) is 137 Å². The minimum Gasteiger partial charge on any atom is -0.465 e. The number of benzene rings is 3. The Morgan fingerprint density at radius 1 is 0.927 bits per heavy atom. The van der Waals surface area contributed by atoms with Crippen LogP contribution < -0.4 is 11.1 Å². The number of esters is 1. The summed E-state index contributed by atoms with van der Waals surface area (Å²) in [6.45, 7) is 12.3. The number of amides is 2. The van der Waals surface area contributed by atoms with Crippen molar-refractivity contribution >= 4 is 41.4 Å². The Morgan fingerprint density at radius 2 is 1.56 bits per heavy atom. The van der Waals surface area contributed by atoms with E-state index in [1.807, 2.05) is 6.92 Å². The van der Waals surface area contributed by atoms with Gasteiger partial charge in [0, 0.05) is 22.4 Å². The zero-order valence-corrected chi connectivity index (χ0v) is 24.0. The first-order valence-corrected chi connectivity index (χ1v) is 12.7. The molecule has 0 radical (unpaired) electrons. The highest BCUT2D eigenvalue weighted by atomic mass is 16.6. The van der Waals surface area contributed by atoms with E-state index in [9.17, 15) is 19.2 Å². The summed E-state index contributed by atoms with van der Waals surface area (Å²) in [4.78, 5) is 54.0. The number of hydrogen-bond acceptors (Lipinski definition) is 6. The third kappa shape index (κ3) is 7.54. The first-order valence-electron chi connectivity index (χ1n) is 12.7. The van der Waals surface area contributed by atoms with Crippen molar-refractivity contribution in [2.24, 2.45) is 10.7 Å². The lowest BCUT2D eigenvalue weighted by Crippen LogP contribution is -2.24. The number of carbonyl (C=O) groups is 4. The van der Waals surface area contributed by atoms with E-state index < -0.39 is 23.6 Å². The van der Waals surface area contributed by atoms with E-state index in [2.05, 4.69) is 16.9 Å². The van der Waals surface area contributed by atoms with Crippen LogP contribution in [0.5, 0.6) is 0 Å². The molecule has 9 nitrogen and oxygen atoms in total. The number of amidine groups is 1. The SMILES string of the molecule is C=Cc1cc(C(=O)Nc2ccc(/C(N)=N\C(=O)OC(C)(C)C)cc2)c(-c2ccc(C(C)=O)cc2C(=O)OC)cc1C. The van der Waals surface area contributed by atoms with Crippen LogP contribution in [0.2, 0.25) is 0 Å². The van der Waals surface area contributed by atoms with E-state index in [0.29, 0.717) is 27.9 Å². The summed E-state index contributed by atoms with van der Waals surface area (Å²) in [6, 6.07) is 14.6. The maximum absolute atomic E-state index is 13.6. The highest BCUT2D eigenvalue weighted by molar-refractivity contribution is 6.12. The van der Waals surface area contributed by atoms with Gasteiger partial charge in [-0.3, -0.25) is 9.59 Å². The molecule has 3 N–H and O–H groups in total. The molecule has 9 heteroatoms. The van der Waals surface area contributed by atoms with E-state index in [-0.39, 0.29) is 22.7 Å². The van der Waals surface area contributed by atoms with E-state index in [1.165, 1.54) is 20.1 Å². The lowest BCUT2D eigenvalue weighted by molar-refractivity contribution is 0.0592. The molecule has 3 aromatic rings. The van der Waals surface area contributed by atoms with Crippen molar-refractivity contribution in [2.75, 3.05) is 12.4 Å². The number of anilines is 1. The van der Waals surface area contributed by atoms with Gasteiger partial charge in [0.25, 0.3) is 5.91 Å². The lowest BCUT2D eigenvalue weighted by Gasteiger charge is -2.17. The molecule has 0 fully saturated rings. The summed E-state index contributed by atoms with van der Waals surface area (Å²) in [5.74, 6) is -1.32. The number of aliphatic imine (C=N–C) groups is 1. The molecule has 3 rings (SSSR count). The zero-order chi connectivity index (χ0) is 30.5. The van der Waals surface area contributed by atoms with Gasteiger partial charge >= 0.3 is 12.1 Å². The van der Waals surface area contributed by atoms with Gasteiger partial charge in [-0.25, -0.2) is 9.59 Å². The molecule has 0 bridgehead atoms. The molecule has 0 aromatic heterocycles. The molecule has 41 heavy (non-hydrogen) atoms. The molecule has 0 saturated carbocycles. The van der Waals surface area contributed by atoms with Crippen LogP contribution in [-0.2, 0) is 9.47 Å². The summed E-state index contributed by atoms with van der Waals surface area (Å²) in [5.41, 5.74) is 9.44. The van der Waals surface area contributed by atoms with Crippen LogP contribution in [-0.4, -0.2) is 42.3 Å². The van der Waals surface area contributed by atoms with Crippen LogP contribution in [0.3, 0.4) is 0 Å². The van der Waals surface area contributed by atoms with Gasteiger partial charge < -0.3 is 20.5 Å². The summed E-state index contributed by atoms with van der Waals surface area (Å²) in [7, 11) is 1.25. The Balaban J connectivity index is 2.00. The molecule has 0 atom stereocenters. The van der Waals surface area contributed by atoms with Crippen molar-refractivity contribution in [2.45, 2.75) is 40.2 Å². The lowest BCUT2D eigenvalue weighted by atomic mass is 9.89. The Kier molecular flexibility index (Phi) is 9.24. The second-order valence-electron chi connectivity index (χ2n) is 10.3. The molecule has 3 aromatic carbocycles. The fraction of sp³-hybridized carbons (Fsp3) is 0.219. The van der Waals surface area contributed by atoms with Gasteiger partial charge in [0.05, 0.1) is 12.7 Å². The Labute approximate surface area is 239 Å². The summed E-state index contributed by atoms with van der Waals surface area (Å²) in [6.07, 6.45) is 0.831. The number of ketones is 1. The first-order chi connectivity index (χ1) is 19.2. The van der Waals surface area contributed by atoms with Crippen molar-refractivity contribution in [1.82, 2.24) is 0 Å². The molecule has 0 aliphatic rings. The molecule has 0 heterocycles. The highest BCUT2D eigenvalue weighted by Crippen LogP contribution is 2.32. The molecule has 0 saturated heterocycles. The number of aryl methyl sites for hydroxylation is 1. The number of rotatable bonds is 7. The number of methoxy groups -OCH3 is 1. The second-order valence-corrected chi connectivity index (χ2v) is 10.3. The fourth-order valence-electron chi connectivity index (χ4n) is 4.00. The van der Waals surface area contributed by atoms with Crippen molar-refractivity contribution in [3.05, 3.63) is 94.6 Å². The standard InChI is InChI=1S/C32H33N3O6/c1-8-20-16-26(25(15-18(20)2)24-14-11-22(19(3)36)17-27(24)30(38)40-7)29(37)34-23-12-9-21(10-13-23)28(33)35-31(39)41-32(4,5)6/h8-17H,1H2,2-7H3,(H,34,37)(H2,33,35,39). The van der Waals surface area contributed by atoms with Crippen LogP contribution in [0.25, 0.3) is 17.2 Å². The van der Waals surface area contributed by atoms with Crippen molar-refractivity contribution in [3.63, 3.8) is 0 Å². The zero-order valence-electron chi connectivity index (χ0n) is 24.0. The quantitative estimate of drug-likeness (QED) is 0.154. The van der Waals surface area contributed by atoms with E-state index in [1.54, 1.807) is 75.4 Å². The second kappa shape index (κ2) is 12.4. The normalized spacial score (nSPS) is 11.4. The number of ether oxygens (including phenoxy) is 2. The molecular formula is C32H33N3O6. The van der Waals surface area contributed by atoms with Crippen LogP contribution in [0.1, 0.15) is 75.5 Å². The smallest absolute Gasteiger partial charge is 0.436 e. The number of Topliss-reactive ketones (excluding diaryl/α,β-unsaturated/α-hetero) is 1. The third-order valence-electron chi connectivity index (χ3n) is 6.04. The highest BCUT2D eigenvalue weighted by Gasteiger charge is 2.22. The number of hydrogen-bond donors (Lipinski definition) is 2. The molecule has 2 amide bonds. The van der Waals surface area contributed by atoms with Crippen LogP contribution in [0.4, 0.5) is 10.5 Å². The summed E-state index contributed by atoms with van der Waals surface area (Å²) in [5, 5.41) is 2.85. The van der Waals surface area contributed by atoms with Gasteiger partial charge in [0.2, 0.25) is 0 Å². The molecule has 0 aliphatic heterocycles. The maximum atomic E-state index is 13.6.